The third-order valence-corrected chi connectivity index (χ3v) is 2.73. The molecule has 1 aromatic carbocycles. The van der Waals surface area contributed by atoms with Gasteiger partial charge in [-0.3, -0.25) is 14.9 Å². The first kappa shape index (κ1) is 12.4. The predicted octanol–water partition coefficient (Wildman–Crippen LogP) is 2.98. The number of carbonyl (C=O) groups excluding carboxylic acids is 1. The van der Waals surface area contributed by atoms with Crippen molar-refractivity contribution < 1.29 is 9.72 Å². The quantitative estimate of drug-likeness (QED) is 0.378. The van der Waals surface area contributed by atoms with Gasteiger partial charge in [-0.1, -0.05) is 30.3 Å². The fraction of sp³-hybridized carbons (Fsp3) is 0. The molecule has 90 valence electrons. The van der Waals surface area contributed by atoms with Crippen LogP contribution in [-0.4, -0.2) is 15.7 Å². The Morgan fingerprint density at radius 1 is 1.17 bits per heavy atom. The summed E-state index contributed by atoms with van der Waals surface area (Å²) in [5, 5.41) is 10.9. The largest absolute Gasteiger partial charge is 0.299 e. The number of nitrogens with zero attached hydrogens (tertiary/aromatic N) is 2. The molecule has 0 atom stereocenters. The van der Waals surface area contributed by atoms with Crippen LogP contribution in [0.5, 0.6) is 0 Å². The van der Waals surface area contributed by atoms with E-state index in [1.54, 1.807) is 30.3 Å². The van der Waals surface area contributed by atoms with Crippen molar-refractivity contribution in [3.05, 3.63) is 68.4 Å². The highest BCUT2D eigenvalue weighted by molar-refractivity contribution is 9.10. The second-order valence-corrected chi connectivity index (χ2v) is 4.27. The summed E-state index contributed by atoms with van der Waals surface area (Å²) in [5.74, 6) is -0.469. The lowest BCUT2D eigenvalue weighted by atomic mass is 10.1. The number of aromatic nitrogens is 1. The Labute approximate surface area is 111 Å². The lowest BCUT2D eigenvalue weighted by Gasteiger charge is -2.02. The number of pyridine rings is 1. The Kier molecular flexibility index (Phi) is 3.47. The van der Waals surface area contributed by atoms with E-state index in [-0.39, 0.29) is 11.4 Å². The number of rotatable bonds is 3. The molecule has 0 fully saturated rings. The van der Waals surface area contributed by atoms with Crippen LogP contribution >= 0.6 is 15.9 Å². The van der Waals surface area contributed by atoms with E-state index in [2.05, 4.69) is 20.9 Å². The molecule has 6 heteroatoms. The number of carbonyl (C=O) groups is 1. The maximum absolute atomic E-state index is 12.1. The van der Waals surface area contributed by atoms with Crippen LogP contribution < -0.4 is 0 Å². The van der Waals surface area contributed by atoms with Crippen molar-refractivity contribution in [2.45, 2.75) is 0 Å². The van der Waals surface area contributed by atoms with Crippen molar-refractivity contribution in [1.82, 2.24) is 4.98 Å². The van der Waals surface area contributed by atoms with Crippen molar-refractivity contribution in [3.8, 4) is 0 Å². The molecule has 0 saturated heterocycles. The molecule has 2 aromatic rings. The summed E-state index contributed by atoms with van der Waals surface area (Å²) in [6.07, 6.45) is 0. The third-order valence-electron chi connectivity index (χ3n) is 2.29. The van der Waals surface area contributed by atoms with Crippen molar-refractivity contribution in [3.63, 3.8) is 0 Å². The van der Waals surface area contributed by atoms with E-state index in [0.717, 1.165) is 0 Å². The summed E-state index contributed by atoms with van der Waals surface area (Å²) in [6.45, 7) is 0. The molecular weight excluding hydrogens is 300 g/mol. The molecule has 0 aliphatic carbocycles. The highest BCUT2D eigenvalue weighted by atomic mass is 79.9. The molecule has 5 nitrogen and oxygen atoms in total. The van der Waals surface area contributed by atoms with E-state index in [0.29, 0.717) is 10.2 Å². The van der Waals surface area contributed by atoms with E-state index in [9.17, 15) is 14.9 Å². The smallest absolute Gasteiger partial charge is 0.287 e. The van der Waals surface area contributed by atoms with Gasteiger partial charge in [0.05, 0.1) is 4.92 Å². The van der Waals surface area contributed by atoms with E-state index < -0.39 is 10.7 Å². The lowest BCUT2D eigenvalue weighted by molar-refractivity contribution is -0.385. The highest BCUT2D eigenvalue weighted by Crippen LogP contribution is 2.22. The Morgan fingerprint density at radius 3 is 2.44 bits per heavy atom. The van der Waals surface area contributed by atoms with Crippen LogP contribution in [0.25, 0.3) is 0 Å². The molecule has 0 bridgehead atoms. The van der Waals surface area contributed by atoms with Gasteiger partial charge in [-0.2, -0.15) is 0 Å². The Bertz CT molecular complexity index is 614. The van der Waals surface area contributed by atoms with Crippen molar-refractivity contribution in [1.29, 1.82) is 0 Å². The topological polar surface area (TPSA) is 73.1 Å². The molecule has 1 aromatic heterocycles. The van der Waals surface area contributed by atoms with E-state index in [4.69, 9.17) is 0 Å². The minimum atomic E-state index is -0.615. The molecule has 0 aliphatic heterocycles. The minimum Gasteiger partial charge on any atom is -0.287 e. The molecule has 1 heterocycles. The highest BCUT2D eigenvalue weighted by Gasteiger charge is 2.23. The number of hydrogen-bond acceptors (Lipinski definition) is 4. The van der Waals surface area contributed by atoms with Gasteiger partial charge in [0, 0.05) is 11.6 Å². The third kappa shape index (κ3) is 2.43. The van der Waals surface area contributed by atoms with Crippen LogP contribution in [0.15, 0.2) is 47.1 Å². The summed E-state index contributed by atoms with van der Waals surface area (Å²) in [6, 6.07) is 11.0. The standard InChI is InChI=1S/C12H7BrN2O3/c13-10-7-6-9(15(17)18)11(14-10)12(16)8-4-2-1-3-5-8/h1-7H. The molecule has 18 heavy (non-hydrogen) atoms. The average molecular weight is 307 g/mol. The van der Waals surface area contributed by atoms with Crippen molar-refractivity contribution in [2.75, 3.05) is 0 Å². The van der Waals surface area contributed by atoms with Crippen LogP contribution in [-0.2, 0) is 0 Å². The van der Waals surface area contributed by atoms with Crippen LogP contribution in [0, 0.1) is 10.1 Å². The van der Waals surface area contributed by atoms with E-state index in [1.807, 2.05) is 0 Å². The van der Waals surface area contributed by atoms with Gasteiger partial charge in [0.1, 0.15) is 4.60 Å². The van der Waals surface area contributed by atoms with Gasteiger partial charge in [0.2, 0.25) is 5.78 Å². The van der Waals surface area contributed by atoms with Crippen LogP contribution in [0.2, 0.25) is 0 Å². The number of nitro groups is 1. The zero-order valence-electron chi connectivity index (χ0n) is 9.04. The van der Waals surface area contributed by atoms with Gasteiger partial charge in [-0.15, -0.1) is 0 Å². The first-order chi connectivity index (χ1) is 8.59. The first-order valence-corrected chi connectivity index (χ1v) is 5.79. The van der Waals surface area contributed by atoms with E-state index in [1.165, 1.54) is 12.1 Å². The van der Waals surface area contributed by atoms with Gasteiger partial charge < -0.3 is 0 Å². The van der Waals surface area contributed by atoms with Gasteiger partial charge in [0.15, 0.2) is 5.69 Å². The SMILES string of the molecule is O=C(c1ccccc1)c1nc(Br)ccc1[N+](=O)[O-]. The molecule has 2 rings (SSSR count). The Balaban J connectivity index is 2.54. The normalized spacial score (nSPS) is 10.1. The van der Waals surface area contributed by atoms with Crippen LogP contribution in [0.3, 0.4) is 0 Å². The van der Waals surface area contributed by atoms with Gasteiger partial charge in [0.25, 0.3) is 5.69 Å². The summed E-state index contributed by atoms with van der Waals surface area (Å²) in [5.41, 5.74) is -0.0983. The minimum absolute atomic E-state index is 0.166. The lowest BCUT2D eigenvalue weighted by Crippen LogP contribution is -2.08. The zero-order chi connectivity index (χ0) is 13.1. The predicted molar refractivity (Wildman–Crippen MR) is 68.5 cm³/mol. The maximum atomic E-state index is 12.1. The fourth-order valence-corrected chi connectivity index (χ4v) is 1.78. The number of halogens is 1. The maximum Gasteiger partial charge on any atom is 0.299 e. The average Bonchev–Trinajstić information content (AvgIpc) is 2.38. The molecule has 0 aliphatic rings. The van der Waals surface area contributed by atoms with Crippen molar-refractivity contribution in [2.24, 2.45) is 0 Å². The molecular formula is C12H7BrN2O3. The summed E-state index contributed by atoms with van der Waals surface area (Å²) >= 11 is 3.10. The van der Waals surface area contributed by atoms with Crippen LogP contribution in [0.4, 0.5) is 5.69 Å². The zero-order valence-corrected chi connectivity index (χ0v) is 10.6. The summed E-state index contributed by atoms with van der Waals surface area (Å²) < 4.78 is 0.382. The van der Waals surface area contributed by atoms with Gasteiger partial charge in [-0.05, 0) is 22.0 Å². The monoisotopic (exact) mass is 306 g/mol. The first-order valence-electron chi connectivity index (χ1n) is 5.00. The van der Waals surface area contributed by atoms with Crippen molar-refractivity contribution >= 4 is 27.4 Å². The molecule has 0 amide bonds. The second kappa shape index (κ2) is 5.05. The Hall–Kier alpha value is -2.08. The second-order valence-electron chi connectivity index (χ2n) is 3.45. The number of ketones is 1. The molecule has 0 radical (unpaired) electrons. The van der Waals surface area contributed by atoms with Gasteiger partial charge in [-0.25, -0.2) is 4.98 Å². The molecule has 0 N–H and O–H groups in total. The van der Waals surface area contributed by atoms with Crippen LogP contribution in [0.1, 0.15) is 16.1 Å². The van der Waals surface area contributed by atoms with Gasteiger partial charge >= 0.3 is 0 Å². The fourth-order valence-electron chi connectivity index (χ4n) is 1.47. The summed E-state index contributed by atoms with van der Waals surface area (Å²) in [7, 11) is 0. The summed E-state index contributed by atoms with van der Waals surface area (Å²) in [4.78, 5) is 26.3. The van der Waals surface area contributed by atoms with E-state index >= 15 is 0 Å². The molecule has 0 saturated carbocycles. The molecule has 0 unspecified atom stereocenters. The molecule has 0 spiro atoms. The Morgan fingerprint density at radius 2 is 1.83 bits per heavy atom. The number of hydrogen-bond donors (Lipinski definition) is 0. The number of benzene rings is 1.